The Morgan fingerprint density at radius 3 is 2.48 bits per heavy atom. The molecular weight excluding hydrogens is 310 g/mol. The molecule has 23 heavy (non-hydrogen) atoms. The van der Waals surface area contributed by atoms with Crippen molar-refractivity contribution in [2.75, 3.05) is 51.2 Å². The fourth-order valence-electron chi connectivity index (χ4n) is 3.35. The Balaban J connectivity index is 1.50. The molecule has 0 saturated carbocycles. The van der Waals surface area contributed by atoms with Crippen LogP contribution in [0.3, 0.4) is 0 Å². The van der Waals surface area contributed by atoms with Gasteiger partial charge in [0.25, 0.3) is 0 Å². The highest BCUT2D eigenvalue weighted by Crippen LogP contribution is 2.19. The van der Waals surface area contributed by atoms with Gasteiger partial charge in [0, 0.05) is 42.9 Å². The van der Waals surface area contributed by atoms with E-state index in [0.717, 1.165) is 37.7 Å². The van der Waals surface area contributed by atoms with E-state index in [1.165, 1.54) is 25.1 Å². The molecule has 0 spiro atoms. The van der Waals surface area contributed by atoms with Crippen molar-refractivity contribution < 1.29 is 0 Å². The Labute approximate surface area is 143 Å². The first-order chi connectivity index (χ1) is 11.1. The zero-order valence-corrected chi connectivity index (χ0v) is 14.5. The summed E-state index contributed by atoms with van der Waals surface area (Å²) >= 11 is 5.95. The standard InChI is InChI=1S/C17H26ClN5/c1-21-8-2-3-16(21)13-20-17(19)23-11-9-22(10-12-23)15-6-4-14(18)5-7-15/h4-7,16H,2-3,8-13H2,1H3,(H2,19,20). The predicted octanol–water partition coefficient (Wildman–Crippen LogP) is 1.87. The molecule has 0 aliphatic carbocycles. The van der Waals surface area contributed by atoms with Crippen molar-refractivity contribution in [3.8, 4) is 0 Å². The molecule has 5 nitrogen and oxygen atoms in total. The first-order valence-electron chi connectivity index (χ1n) is 8.39. The van der Waals surface area contributed by atoms with E-state index in [2.05, 4.69) is 38.9 Å². The molecule has 126 valence electrons. The Bertz CT molecular complexity index is 536. The first kappa shape index (κ1) is 16.4. The number of benzene rings is 1. The highest BCUT2D eigenvalue weighted by molar-refractivity contribution is 6.30. The summed E-state index contributed by atoms with van der Waals surface area (Å²) in [6.07, 6.45) is 2.51. The van der Waals surface area contributed by atoms with E-state index in [0.29, 0.717) is 12.0 Å². The molecule has 2 aliphatic heterocycles. The highest BCUT2D eigenvalue weighted by atomic mass is 35.5. The normalized spacial score (nSPS) is 23.6. The lowest BCUT2D eigenvalue weighted by Crippen LogP contribution is -2.51. The van der Waals surface area contributed by atoms with Crippen LogP contribution in [0.25, 0.3) is 0 Å². The minimum Gasteiger partial charge on any atom is -0.370 e. The van der Waals surface area contributed by atoms with Gasteiger partial charge in [0.2, 0.25) is 0 Å². The summed E-state index contributed by atoms with van der Waals surface area (Å²) in [7, 11) is 2.17. The van der Waals surface area contributed by atoms with Crippen LogP contribution < -0.4 is 10.6 Å². The molecule has 2 heterocycles. The fraction of sp³-hybridized carbons (Fsp3) is 0.588. The van der Waals surface area contributed by atoms with Crippen LogP contribution in [-0.4, -0.2) is 68.1 Å². The molecule has 2 N–H and O–H groups in total. The van der Waals surface area contributed by atoms with E-state index < -0.39 is 0 Å². The summed E-state index contributed by atoms with van der Waals surface area (Å²) < 4.78 is 0. The summed E-state index contributed by atoms with van der Waals surface area (Å²) in [4.78, 5) is 11.6. The van der Waals surface area contributed by atoms with Gasteiger partial charge < -0.3 is 20.4 Å². The van der Waals surface area contributed by atoms with Gasteiger partial charge in [-0.25, -0.2) is 0 Å². The van der Waals surface area contributed by atoms with E-state index in [9.17, 15) is 0 Å². The first-order valence-corrected chi connectivity index (χ1v) is 8.77. The second-order valence-corrected chi connectivity index (χ2v) is 6.86. The maximum atomic E-state index is 6.20. The molecule has 1 atom stereocenters. The lowest BCUT2D eigenvalue weighted by molar-refractivity contribution is 0.315. The number of guanidine groups is 1. The molecule has 1 aromatic carbocycles. The molecule has 0 bridgehead atoms. The van der Waals surface area contributed by atoms with Crippen molar-refractivity contribution in [3.05, 3.63) is 29.3 Å². The molecule has 3 rings (SSSR count). The van der Waals surface area contributed by atoms with Gasteiger partial charge in [-0.05, 0) is 50.7 Å². The van der Waals surface area contributed by atoms with Gasteiger partial charge in [-0.3, -0.25) is 4.99 Å². The number of aliphatic imine (C=N–C) groups is 1. The van der Waals surface area contributed by atoms with Gasteiger partial charge in [-0.15, -0.1) is 0 Å². The number of likely N-dealkylation sites (tertiary alicyclic amines) is 1. The number of halogens is 1. The van der Waals surface area contributed by atoms with Gasteiger partial charge in [0.15, 0.2) is 5.96 Å². The third kappa shape index (κ3) is 4.09. The fourth-order valence-corrected chi connectivity index (χ4v) is 3.48. The van der Waals surface area contributed by atoms with Crippen LogP contribution in [0.4, 0.5) is 5.69 Å². The van der Waals surface area contributed by atoms with E-state index in [1.807, 2.05) is 12.1 Å². The van der Waals surface area contributed by atoms with Crippen LogP contribution >= 0.6 is 11.6 Å². The van der Waals surface area contributed by atoms with Crippen molar-refractivity contribution in [1.29, 1.82) is 0 Å². The van der Waals surface area contributed by atoms with E-state index in [4.69, 9.17) is 17.3 Å². The summed E-state index contributed by atoms with van der Waals surface area (Å²) in [6, 6.07) is 8.59. The molecule has 2 fully saturated rings. The van der Waals surface area contributed by atoms with Crippen molar-refractivity contribution >= 4 is 23.2 Å². The number of nitrogens with two attached hydrogens (primary N) is 1. The van der Waals surface area contributed by atoms with Crippen LogP contribution in [-0.2, 0) is 0 Å². The number of anilines is 1. The van der Waals surface area contributed by atoms with Crippen LogP contribution in [0, 0.1) is 0 Å². The molecule has 0 aromatic heterocycles. The number of nitrogens with zero attached hydrogens (tertiary/aromatic N) is 4. The number of hydrogen-bond acceptors (Lipinski definition) is 3. The van der Waals surface area contributed by atoms with Crippen LogP contribution in [0.2, 0.25) is 5.02 Å². The Hall–Kier alpha value is -1.46. The summed E-state index contributed by atoms with van der Waals surface area (Å²) in [5.74, 6) is 0.695. The predicted molar refractivity (Wildman–Crippen MR) is 97.4 cm³/mol. The third-order valence-electron chi connectivity index (χ3n) is 4.93. The highest BCUT2D eigenvalue weighted by Gasteiger charge is 2.22. The van der Waals surface area contributed by atoms with Crippen LogP contribution in [0.15, 0.2) is 29.3 Å². The maximum Gasteiger partial charge on any atom is 0.191 e. The van der Waals surface area contributed by atoms with Crippen LogP contribution in [0.5, 0.6) is 0 Å². The molecule has 1 aromatic rings. The van der Waals surface area contributed by atoms with Crippen molar-refractivity contribution in [2.45, 2.75) is 18.9 Å². The third-order valence-corrected chi connectivity index (χ3v) is 5.18. The molecule has 0 radical (unpaired) electrons. The Morgan fingerprint density at radius 2 is 1.87 bits per heavy atom. The van der Waals surface area contributed by atoms with Crippen molar-refractivity contribution in [2.24, 2.45) is 10.7 Å². The zero-order valence-electron chi connectivity index (χ0n) is 13.8. The van der Waals surface area contributed by atoms with E-state index >= 15 is 0 Å². The van der Waals surface area contributed by atoms with Crippen molar-refractivity contribution in [1.82, 2.24) is 9.80 Å². The van der Waals surface area contributed by atoms with E-state index in [1.54, 1.807) is 0 Å². The molecular formula is C17H26ClN5. The molecule has 1 unspecified atom stereocenters. The monoisotopic (exact) mass is 335 g/mol. The number of likely N-dealkylation sites (N-methyl/N-ethyl adjacent to an activating group) is 1. The maximum absolute atomic E-state index is 6.20. The second kappa shape index (κ2) is 7.41. The largest absolute Gasteiger partial charge is 0.370 e. The summed E-state index contributed by atoms with van der Waals surface area (Å²) in [6.45, 7) is 5.75. The minimum absolute atomic E-state index is 0.559. The topological polar surface area (TPSA) is 48.1 Å². The van der Waals surface area contributed by atoms with Gasteiger partial charge >= 0.3 is 0 Å². The number of rotatable bonds is 3. The quantitative estimate of drug-likeness (QED) is 0.676. The summed E-state index contributed by atoms with van der Waals surface area (Å²) in [5, 5.41) is 0.778. The minimum atomic E-state index is 0.559. The van der Waals surface area contributed by atoms with E-state index in [-0.39, 0.29) is 0 Å². The number of piperazine rings is 1. The lowest BCUT2D eigenvalue weighted by atomic mass is 10.2. The van der Waals surface area contributed by atoms with Crippen LogP contribution in [0.1, 0.15) is 12.8 Å². The average Bonchev–Trinajstić information content (AvgIpc) is 2.99. The molecule has 2 saturated heterocycles. The lowest BCUT2D eigenvalue weighted by Gasteiger charge is -2.36. The molecule has 2 aliphatic rings. The van der Waals surface area contributed by atoms with Gasteiger partial charge in [0.1, 0.15) is 0 Å². The summed E-state index contributed by atoms with van der Waals surface area (Å²) in [5.41, 5.74) is 7.42. The SMILES string of the molecule is CN1CCCC1CN=C(N)N1CCN(c2ccc(Cl)cc2)CC1. The smallest absolute Gasteiger partial charge is 0.191 e. The van der Waals surface area contributed by atoms with Crippen molar-refractivity contribution in [3.63, 3.8) is 0 Å². The molecule has 0 amide bonds. The Kier molecular flexibility index (Phi) is 5.28. The van der Waals surface area contributed by atoms with Gasteiger partial charge in [-0.1, -0.05) is 11.6 Å². The van der Waals surface area contributed by atoms with Gasteiger partial charge in [-0.2, -0.15) is 0 Å². The number of hydrogen-bond donors (Lipinski definition) is 1. The zero-order chi connectivity index (χ0) is 16.2. The second-order valence-electron chi connectivity index (χ2n) is 6.43. The Morgan fingerprint density at radius 1 is 1.17 bits per heavy atom. The average molecular weight is 336 g/mol. The van der Waals surface area contributed by atoms with Gasteiger partial charge in [0.05, 0.1) is 6.54 Å². The molecule has 6 heteroatoms.